The number of fused-ring (bicyclic) bond motifs is 3. The van der Waals surface area contributed by atoms with Gasteiger partial charge in [-0.1, -0.05) is 82.2 Å². The molecule has 0 aromatic heterocycles. The Hall–Kier alpha value is -4.13. The van der Waals surface area contributed by atoms with Crippen LogP contribution in [0.15, 0.2) is 52.8 Å². The predicted molar refractivity (Wildman–Crippen MR) is 295 cm³/mol. The van der Waals surface area contributed by atoms with Crippen molar-refractivity contribution in [3.05, 3.63) is 47.6 Å². The number of carbonyl (C=O) groups is 4. The van der Waals surface area contributed by atoms with Crippen LogP contribution in [0, 0.1) is 47.9 Å². The van der Waals surface area contributed by atoms with E-state index in [4.69, 9.17) is 49.2 Å². The first-order chi connectivity index (χ1) is 37.3. The molecule has 3 heterocycles. The molecule has 0 aromatic carbocycles. The number of piperidine rings is 1. The van der Waals surface area contributed by atoms with Crippen molar-refractivity contribution >= 4 is 29.2 Å². The van der Waals surface area contributed by atoms with Gasteiger partial charge in [-0.2, -0.15) is 0 Å². The number of Topliss-reactive ketones (excluding diaryl/α,β-unsaturated/α-hetero) is 2. The second kappa shape index (κ2) is 34.2. The molecule has 4 aliphatic rings. The maximum atomic E-state index is 14.6. The SMILES string of the molecule is C#CCOCCOCCOCCO/N=C1\[C@H](C)C[C@H](C)/C=C/C=C/C=C(\C)[C@@H](OC)C[C@@H]2CC[C@@H](C)[C@@](O)(O2)C(=O)C(=O)N2CCCC[C@H]2C(=O)O[C@H]([C@H](C)C[C@@H]2CC[C@@H](O)[C@H](OC)C2)CC(=O)[C@H](C)/C=C(\C)[C@@H](O)[C@H]1OC. The first kappa shape index (κ1) is 66.4. The average Bonchev–Trinajstić information content (AvgIpc) is 3.46. The first-order valence-corrected chi connectivity index (χ1v) is 28.3. The number of rotatable bonds is 17. The molecule has 440 valence electrons. The van der Waals surface area contributed by atoms with E-state index in [1.807, 2.05) is 45.1 Å². The van der Waals surface area contributed by atoms with E-state index in [-0.39, 0.29) is 74.8 Å². The Bertz CT molecular complexity index is 2080. The van der Waals surface area contributed by atoms with Crippen molar-refractivity contribution in [3.63, 3.8) is 0 Å². The molecule has 3 fully saturated rings. The molecule has 15 atom stereocenters. The molecule has 2 bridgehead atoms. The number of oxime groups is 1. The van der Waals surface area contributed by atoms with Gasteiger partial charge < -0.3 is 63.0 Å². The zero-order valence-corrected chi connectivity index (χ0v) is 48.3. The van der Waals surface area contributed by atoms with Crippen LogP contribution in [0.3, 0.4) is 0 Å². The molecule has 0 unspecified atom stereocenters. The Balaban J connectivity index is 1.69. The van der Waals surface area contributed by atoms with Gasteiger partial charge in [0.1, 0.15) is 43.4 Å². The number of terminal acetylenes is 1. The van der Waals surface area contributed by atoms with Crippen LogP contribution in [0.4, 0.5) is 0 Å². The molecule has 4 rings (SSSR count). The third-order valence-electron chi connectivity index (χ3n) is 15.9. The van der Waals surface area contributed by atoms with Crippen LogP contribution in [0.25, 0.3) is 0 Å². The van der Waals surface area contributed by atoms with Gasteiger partial charge in [0.15, 0.2) is 0 Å². The third kappa shape index (κ3) is 20.1. The lowest BCUT2D eigenvalue weighted by molar-refractivity contribution is -0.265. The molecule has 78 heavy (non-hydrogen) atoms. The molecule has 18 nitrogen and oxygen atoms in total. The number of hydrogen-bond acceptors (Lipinski definition) is 17. The maximum Gasteiger partial charge on any atom is 0.329 e. The van der Waals surface area contributed by atoms with Crippen LogP contribution < -0.4 is 0 Å². The zero-order chi connectivity index (χ0) is 57.4. The topological polar surface area (TPSA) is 228 Å². The highest BCUT2D eigenvalue weighted by Crippen LogP contribution is 2.38. The lowest BCUT2D eigenvalue weighted by Crippen LogP contribution is -2.61. The summed E-state index contributed by atoms with van der Waals surface area (Å²) in [4.78, 5) is 64.7. The van der Waals surface area contributed by atoms with Crippen molar-refractivity contribution < 1.29 is 77.2 Å². The highest BCUT2D eigenvalue weighted by atomic mass is 16.6. The summed E-state index contributed by atoms with van der Waals surface area (Å²) in [7, 11) is 4.64. The summed E-state index contributed by atoms with van der Waals surface area (Å²) in [5.74, 6) is -5.13. The van der Waals surface area contributed by atoms with Crippen molar-refractivity contribution in [2.75, 3.05) is 74.1 Å². The summed E-state index contributed by atoms with van der Waals surface area (Å²) >= 11 is 0. The Labute approximate surface area is 464 Å². The van der Waals surface area contributed by atoms with Gasteiger partial charge in [-0.3, -0.25) is 14.4 Å². The fourth-order valence-electron chi connectivity index (χ4n) is 11.1. The van der Waals surface area contributed by atoms with E-state index in [1.54, 1.807) is 41.1 Å². The van der Waals surface area contributed by atoms with Crippen molar-refractivity contribution in [1.82, 2.24) is 4.90 Å². The molecular formula is C60H94N2O16. The minimum Gasteiger partial charge on any atom is -0.460 e. The number of aliphatic hydroxyl groups is 3. The Kier molecular flexibility index (Phi) is 29.1. The van der Waals surface area contributed by atoms with E-state index in [0.717, 1.165) is 5.57 Å². The van der Waals surface area contributed by atoms with Gasteiger partial charge in [0.05, 0.1) is 63.2 Å². The predicted octanol–water partition coefficient (Wildman–Crippen LogP) is 6.67. The summed E-state index contributed by atoms with van der Waals surface area (Å²) in [5.41, 5.74) is 1.80. The average molecular weight is 1100 g/mol. The number of cyclic esters (lactones) is 1. The number of nitrogens with zero attached hydrogens (tertiary/aromatic N) is 2. The van der Waals surface area contributed by atoms with E-state index in [1.165, 1.54) is 12.0 Å². The van der Waals surface area contributed by atoms with Crippen molar-refractivity contribution in [1.29, 1.82) is 0 Å². The molecule has 3 aliphatic heterocycles. The minimum absolute atomic E-state index is 0.0439. The van der Waals surface area contributed by atoms with E-state index < -0.39 is 77.9 Å². The minimum atomic E-state index is -2.44. The number of hydrogen-bond donors (Lipinski definition) is 3. The van der Waals surface area contributed by atoms with E-state index in [9.17, 15) is 34.5 Å². The number of carbonyl (C=O) groups excluding carboxylic acids is 4. The van der Waals surface area contributed by atoms with Gasteiger partial charge in [-0.25, -0.2) is 4.79 Å². The quantitative estimate of drug-likeness (QED) is 0.0345. The summed E-state index contributed by atoms with van der Waals surface area (Å²) < 4.78 is 46.4. The van der Waals surface area contributed by atoms with Crippen LogP contribution in [0.2, 0.25) is 0 Å². The first-order valence-electron chi connectivity index (χ1n) is 28.3. The Morgan fingerprint density at radius 3 is 2.22 bits per heavy atom. The maximum absolute atomic E-state index is 14.6. The molecule has 1 aliphatic carbocycles. The summed E-state index contributed by atoms with van der Waals surface area (Å²) in [6.07, 6.45) is 16.9. The summed E-state index contributed by atoms with van der Waals surface area (Å²) in [5, 5.41) is 39.2. The fraction of sp³-hybridized carbons (Fsp3) is 0.750. The molecule has 1 saturated carbocycles. The zero-order valence-electron chi connectivity index (χ0n) is 48.3. The van der Waals surface area contributed by atoms with Crippen LogP contribution in [-0.2, 0) is 61.9 Å². The number of aliphatic hydroxyl groups excluding tert-OH is 2. The Morgan fingerprint density at radius 2 is 1.54 bits per heavy atom. The molecule has 3 N–H and O–H groups in total. The highest BCUT2D eigenvalue weighted by Gasteiger charge is 2.53. The van der Waals surface area contributed by atoms with Crippen molar-refractivity contribution in [2.45, 2.75) is 180 Å². The normalized spacial score (nSPS) is 36.0. The third-order valence-corrected chi connectivity index (χ3v) is 15.9. The van der Waals surface area contributed by atoms with E-state index >= 15 is 0 Å². The number of allylic oxidation sites excluding steroid dienone is 6. The lowest BCUT2D eigenvalue weighted by Gasteiger charge is -2.42. The van der Waals surface area contributed by atoms with Gasteiger partial charge in [0.25, 0.3) is 11.7 Å². The smallest absolute Gasteiger partial charge is 0.329 e. The molecule has 0 aromatic rings. The summed E-state index contributed by atoms with van der Waals surface area (Å²) in [6, 6.07) is -1.15. The number of amides is 1. The van der Waals surface area contributed by atoms with Gasteiger partial charge in [-0.05, 0) is 107 Å². The lowest BCUT2D eigenvalue weighted by atomic mass is 9.78. The molecule has 18 heteroatoms. The van der Waals surface area contributed by atoms with Gasteiger partial charge in [0.2, 0.25) is 5.79 Å². The molecule has 1 amide bonds. The number of methoxy groups -OCH3 is 3. The highest BCUT2D eigenvalue weighted by molar-refractivity contribution is 6.39. The number of ketones is 2. The van der Waals surface area contributed by atoms with E-state index in [0.29, 0.717) is 102 Å². The van der Waals surface area contributed by atoms with Crippen LogP contribution in [0.1, 0.15) is 126 Å². The second-order valence-electron chi connectivity index (χ2n) is 22.0. The van der Waals surface area contributed by atoms with E-state index in [2.05, 4.69) is 24.1 Å². The van der Waals surface area contributed by atoms with Crippen LogP contribution >= 0.6 is 0 Å². The molecule has 2 saturated heterocycles. The molecule has 0 radical (unpaired) electrons. The van der Waals surface area contributed by atoms with Gasteiger partial charge >= 0.3 is 5.97 Å². The Morgan fingerprint density at radius 1 is 0.833 bits per heavy atom. The standard InChI is InChI=1S/C60H94N2O16/c1-12-26-73-27-28-74-29-30-75-31-32-76-61-54-43(6)33-39(2)18-14-13-15-19-40(3)51(70-9)37-47-23-21-45(8)60(69,78-47)57(66)58(67)62-25-17-16-20-48(62)59(68)77-52(42(5)35-46-22-24-49(63)53(36-46)71-10)38-50(64)41(4)34-44(7)55(65)56(54)72-11/h1,13-15,18-19,34,39,41-43,45-49,51-53,55-56,63,65,69H,16-17,20-33,35-38H2,2-11H3/b15-13+,18-14+,40-19+,44-34+,61-54+/t39-,41-,42-,43-,45-,46+,47+,48+,49-,51+,52+,53-,55-,56+,60-/m1/s1. The van der Waals surface area contributed by atoms with Crippen molar-refractivity contribution in [3.8, 4) is 12.3 Å². The number of ether oxygens (including phenoxy) is 8. The van der Waals surface area contributed by atoms with Crippen molar-refractivity contribution in [2.24, 2.45) is 40.7 Å². The van der Waals surface area contributed by atoms with Crippen LogP contribution in [-0.4, -0.2) is 178 Å². The monoisotopic (exact) mass is 1100 g/mol. The van der Waals surface area contributed by atoms with Gasteiger partial charge in [-0.15, -0.1) is 6.42 Å². The van der Waals surface area contributed by atoms with Crippen LogP contribution in [0.5, 0.6) is 0 Å². The summed E-state index contributed by atoms with van der Waals surface area (Å²) in [6.45, 7) is 15.2. The van der Waals surface area contributed by atoms with Gasteiger partial charge in [0, 0.05) is 58.5 Å². The molecule has 0 spiro atoms. The number of esters is 1. The fourth-order valence-corrected chi connectivity index (χ4v) is 11.1. The molecular weight excluding hydrogens is 1000 g/mol. The second-order valence-corrected chi connectivity index (χ2v) is 22.0. The largest absolute Gasteiger partial charge is 0.460 e.